The van der Waals surface area contributed by atoms with Gasteiger partial charge in [0.15, 0.2) is 0 Å². The monoisotopic (exact) mass is 254 g/mol. The van der Waals surface area contributed by atoms with Gasteiger partial charge in [0.05, 0.1) is 17.1 Å². The van der Waals surface area contributed by atoms with Gasteiger partial charge in [-0.15, -0.1) is 0 Å². The molecule has 0 heterocycles. The second-order valence-electron chi connectivity index (χ2n) is 3.33. The summed E-state index contributed by atoms with van der Waals surface area (Å²) in [6.45, 7) is 1.71. The minimum atomic E-state index is -3.71. The fourth-order valence-corrected chi connectivity index (χ4v) is 3.07. The first-order valence-corrected chi connectivity index (χ1v) is 6.62. The Hall–Kier alpha value is -1.42. The molecule has 0 aromatic heterocycles. The van der Waals surface area contributed by atoms with Gasteiger partial charge in [0.2, 0.25) is 10.0 Å². The topological polar surface area (TPSA) is 81.4 Å². The van der Waals surface area contributed by atoms with E-state index in [0.717, 1.165) is 4.31 Å². The summed E-state index contributed by atoms with van der Waals surface area (Å²) >= 11 is 0. The first-order valence-electron chi connectivity index (χ1n) is 5.18. The van der Waals surface area contributed by atoms with Gasteiger partial charge in [-0.25, -0.2) is 8.42 Å². The fourth-order valence-electron chi connectivity index (χ4n) is 1.48. The zero-order valence-electron chi connectivity index (χ0n) is 9.50. The lowest BCUT2D eigenvalue weighted by molar-refractivity contribution is 0.257. The average Bonchev–Trinajstić information content (AvgIpc) is 2.35. The molecule has 0 bridgehead atoms. The molecule has 0 fully saturated rings. The lowest BCUT2D eigenvalue weighted by atomic mass is 10.2. The highest BCUT2D eigenvalue weighted by Gasteiger charge is 2.24. The third-order valence-electron chi connectivity index (χ3n) is 2.33. The molecule has 1 aromatic rings. The van der Waals surface area contributed by atoms with E-state index in [1.807, 2.05) is 6.07 Å². The van der Waals surface area contributed by atoms with Gasteiger partial charge in [-0.05, 0) is 12.1 Å². The van der Waals surface area contributed by atoms with E-state index in [1.54, 1.807) is 19.1 Å². The summed E-state index contributed by atoms with van der Waals surface area (Å²) in [4.78, 5) is -0.0159. The van der Waals surface area contributed by atoms with Crippen LogP contribution in [0, 0.1) is 11.3 Å². The second kappa shape index (κ2) is 5.77. The van der Waals surface area contributed by atoms with Gasteiger partial charge >= 0.3 is 0 Å². The average molecular weight is 254 g/mol. The molecule has 5 nitrogen and oxygen atoms in total. The molecule has 0 atom stereocenters. The van der Waals surface area contributed by atoms with Gasteiger partial charge in [-0.2, -0.15) is 9.57 Å². The Morgan fingerprint density at radius 2 is 2.06 bits per heavy atom. The highest BCUT2D eigenvalue weighted by Crippen LogP contribution is 2.19. The molecule has 0 aliphatic carbocycles. The maximum atomic E-state index is 12.2. The van der Waals surface area contributed by atoms with E-state index in [1.165, 1.54) is 12.1 Å². The van der Waals surface area contributed by atoms with Crippen LogP contribution in [0.2, 0.25) is 0 Å². The first kappa shape index (κ1) is 13.6. The van der Waals surface area contributed by atoms with Crippen molar-refractivity contribution in [2.24, 2.45) is 0 Å². The van der Waals surface area contributed by atoms with Crippen molar-refractivity contribution in [1.82, 2.24) is 4.31 Å². The molecule has 0 saturated heterocycles. The fraction of sp³-hybridized carbons (Fsp3) is 0.364. The number of rotatable bonds is 5. The van der Waals surface area contributed by atoms with Crippen LogP contribution in [0.1, 0.15) is 12.5 Å². The van der Waals surface area contributed by atoms with Gasteiger partial charge in [0.1, 0.15) is 6.07 Å². The molecule has 92 valence electrons. The standard InChI is InChI=1S/C11H14N2O3S/c1-2-13(7-8-14)17(15,16)11-6-4-3-5-10(11)9-12/h3-6,14H,2,7-8H2,1H3. The first-order chi connectivity index (χ1) is 8.07. The summed E-state index contributed by atoms with van der Waals surface area (Å²) in [7, 11) is -3.71. The van der Waals surface area contributed by atoms with E-state index >= 15 is 0 Å². The molecular formula is C11H14N2O3S. The van der Waals surface area contributed by atoms with E-state index in [0.29, 0.717) is 0 Å². The van der Waals surface area contributed by atoms with E-state index in [4.69, 9.17) is 10.4 Å². The van der Waals surface area contributed by atoms with Crippen LogP contribution < -0.4 is 0 Å². The van der Waals surface area contributed by atoms with E-state index in [-0.39, 0.29) is 30.2 Å². The van der Waals surface area contributed by atoms with Crippen molar-refractivity contribution in [3.8, 4) is 6.07 Å². The third-order valence-corrected chi connectivity index (χ3v) is 4.36. The third kappa shape index (κ3) is 2.82. The van der Waals surface area contributed by atoms with Crippen molar-refractivity contribution in [1.29, 1.82) is 5.26 Å². The molecular weight excluding hydrogens is 240 g/mol. The van der Waals surface area contributed by atoms with Crippen molar-refractivity contribution in [2.45, 2.75) is 11.8 Å². The Bertz CT molecular complexity index is 520. The summed E-state index contributed by atoms with van der Waals surface area (Å²) < 4.78 is 25.5. The molecule has 0 amide bonds. The predicted molar refractivity (Wildman–Crippen MR) is 62.7 cm³/mol. The number of aliphatic hydroxyl groups is 1. The Labute approximate surface area is 101 Å². The molecule has 1 aromatic carbocycles. The molecule has 0 aliphatic rings. The number of hydrogen-bond acceptors (Lipinski definition) is 4. The Kier molecular flexibility index (Phi) is 4.63. The van der Waals surface area contributed by atoms with E-state index in [9.17, 15) is 8.42 Å². The predicted octanol–water partition coefficient (Wildman–Crippen LogP) is 0.561. The van der Waals surface area contributed by atoms with Crippen molar-refractivity contribution in [3.05, 3.63) is 29.8 Å². The number of nitrogens with zero attached hydrogens (tertiary/aromatic N) is 2. The summed E-state index contributed by atoms with van der Waals surface area (Å²) in [5.74, 6) is 0. The minimum absolute atomic E-state index is 0.0159. The SMILES string of the molecule is CCN(CCO)S(=O)(=O)c1ccccc1C#N. The van der Waals surface area contributed by atoms with Crippen molar-refractivity contribution >= 4 is 10.0 Å². The maximum Gasteiger partial charge on any atom is 0.244 e. The smallest absolute Gasteiger partial charge is 0.244 e. The zero-order valence-corrected chi connectivity index (χ0v) is 10.3. The zero-order chi connectivity index (χ0) is 12.9. The molecule has 1 rings (SSSR count). The van der Waals surface area contributed by atoms with Crippen molar-refractivity contribution < 1.29 is 13.5 Å². The number of sulfonamides is 1. The molecule has 0 saturated carbocycles. The molecule has 0 aliphatic heterocycles. The van der Waals surface area contributed by atoms with Gasteiger partial charge in [-0.3, -0.25) is 0 Å². The van der Waals surface area contributed by atoms with Crippen LogP contribution in [0.25, 0.3) is 0 Å². The Balaban J connectivity index is 3.26. The van der Waals surface area contributed by atoms with Crippen LogP contribution in [0.5, 0.6) is 0 Å². The van der Waals surface area contributed by atoms with Crippen LogP contribution in [0.4, 0.5) is 0 Å². The van der Waals surface area contributed by atoms with E-state index in [2.05, 4.69) is 0 Å². The van der Waals surface area contributed by atoms with Gasteiger partial charge in [0.25, 0.3) is 0 Å². The maximum absolute atomic E-state index is 12.2. The van der Waals surface area contributed by atoms with Crippen LogP contribution in [0.15, 0.2) is 29.2 Å². The highest BCUT2D eigenvalue weighted by molar-refractivity contribution is 7.89. The molecule has 1 N–H and O–H groups in total. The van der Waals surface area contributed by atoms with Crippen LogP contribution in [-0.4, -0.2) is 37.5 Å². The molecule has 0 radical (unpaired) electrons. The van der Waals surface area contributed by atoms with Crippen molar-refractivity contribution in [2.75, 3.05) is 19.7 Å². The normalized spacial score (nSPS) is 11.4. The second-order valence-corrected chi connectivity index (χ2v) is 5.23. The number of hydrogen-bond donors (Lipinski definition) is 1. The summed E-state index contributed by atoms with van der Waals surface area (Å²) in [5, 5.41) is 17.7. The largest absolute Gasteiger partial charge is 0.395 e. The van der Waals surface area contributed by atoms with Gasteiger partial charge in [0, 0.05) is 13.1 Å². The van der Waals surface area contributed by atoms with Crippen molar-refractivity contribution in [3.63, 3.8) is 0 Å². The summed E-state index contributed by atoms with van der Waals surface area (Å²) in [6.07, 6.45) is 0. The van der Waals surface area contributed by atoms with Crippen LogP contribution >= 0.6 is 0 Å². The number of likely N-dealkylation sites (N-methyl/N-ethyl adjacent to an activating group) is 1. The molecule has 17 heavy (non-hydrogen) atoms. The Morgan fingerprint density at radius 1 is 1.41 bits per heavy atom. The van der Waals surface area contributed by atoms with Gasteiger partial charge < -0.3 is 5.11 Å². The summed E-state index contributed by atoms with van der Waals surface area (Å²) in [5.41, 5.74) is 0.115. The van der Waals surface area contributed by atoms with E-state index < -0.39 is 10.0 Å². The van der Waals surface area contributed by atoms with Crippen LogP contribution in [-0.2, 0) is 10.0 Å². The lowest BCUT2D eigenvalue weighted by Crippen LogP contribution is -2.33. The number of nitriles is 1. The van der Waals surface area contributed by atoms with Crippen LogP contribution in [0.3, 0.4) is 0 Å². The lowest BCUT2D eigenvalue weighted by Gasteiger charge is -2.19. The van der Waals surface area contributed by atoms with Gasteiger partial charge in [-0.1, -0.05) is 19.1 Å². The molecule has 0 spiro atoms. The Morgan fingerprint density at radius 3 is 2.59 bits per heavy atom. The molecule has 0 unspecified atom stereocenters. The number of benzene rings is 1. The minimum Gasteiger partial charge on any atom is -0.395 e. The molecule has 6 heteroatoms. The number of aliphatic hydroxyl groups excluding tert-OH is 1. The summed E-state index contributed by atoms with van der Waals surface area (Å²) in [6, 6.07) is 7.89. The quantitative estimate of drug-likeness (QED) is 0.832. The highest BCUT2D eigenvalue weighted by atomic mass is 32.2.